The summed E-state index contributed by atoms with van der Waals surface area (Å²) in [5.41, 5.74) is 0.257. The summed E-state index contributed by atoms with van der Waals surface area (Å²) >= 11 is 0. The van der Waals surface area contributed by atoms with Crippen LogP contribution in [0.2, 0.25) is 0 Å². The van der Waals surface area contributed by atoms with Gasteiger partial charge in [0.25, 0.3) is 0 Å². The summed E-state index contributed by atoms with van der Waals surface area (Å²) in [5.74, 6) is -0.756. The third-order valence-corrected chi connectivity index (χ3v) is 3.44. The zero-order chi connectivity index (χ0) is 11.6. The Morgan fingerprint density at radius 1 is 1.60 bits per heavy atom. The highest BCUT2D eigenvalue weighted by Gasteiger charge is 2.27. The lowest BCUT2D eigenvalue weighted by Crippen LogP contribution is -2.33. The zero-order valence-corrected chi connectivity index (χ0v) is 9.54. The molecule has 0 amide bonds. The van der Waals surface area contributed by atoms with E-state index in [1.165, 1.54) is 13.2 Å². The van der Waals surface area contributed by atoms with Crippen molar-refractivity contribution in [2.45, 2.75) is 13.8 Å². The normalized spacial score (nSPS) is 19.3. The minimum Gasteiger partial charge on any atom is -0.464 e. The quantitative estimate of drug-likeness (QED) is 0.632. The van der Waals surface area contributed by atoms with Gasteiger partial charge in [-0.3, -0.25) is 4.31 Å². The topological polar surface area (TPSA) is 76.0 Å². The zero-order valence-electron chi connectivity index (χ0n) is 8.72. The number of carbonyl (C=O) groups is 1. The molecule has 15 heavy (non-hydrogen) atoms. The lowest BCUT2D eigenvalue weighted by atomic mass is 10.3. The fourth-order valence-electron chi connectivity index (χ4n) is 1.27. The van der Waals surface area contributed by atoms with Crippen molar-refractivity contribution < 1.29 is 17.9 Å². The molecule has 1 rings (SSSR count). The molecule has 0 saturated carbocycles. The first-order valence-corrected chi connectivity index (χ1v) is 5.71. The highest BCUT2D eigenvalue weighted by atomic mass is 32.2. The minimum absolute atomic E-state index is 0.195. The summed E-state index contributed by atoms with van der Waals surface area (Å²) in [6.45, 7) is 3.56. The first kappa shape index (κ1) is 11.7. The third-order valence-electron chi connectivity index (χ3n) is 1.91. The third kappa shape index (κ3) is 2.17. The molecular weight excluding hydrogens is 220 g/mol. The fraction of sp³-hybridized carbons (Fsp3) is 0.500. The van der Waals surface area contributed by atoms with Gasteiger partial charge in [-0.25, -0.2) is 4.79 Å². The van der Waals surface area contributed by atoms with E-state index in [0.29, 0.717) is 5.70 Å². The van der Waals surface area contributed by atoms with Gasteiger partial charge in [-0.2, -0.15) is 8.42 Å². The van der Waals surface area contributed by atoms with Gasteiger partial charge in [0.1, 0.15) is 0 Å². The average Bonchev–Trinajstić information content (AvgIpc) is 2.14. The second-order valence-electron chi connectivity index (χ2n) is 2.90. The maximum atomic E-state index is 11.5. The fourth-order valence-corrected chi connectivity index (χ4v) is 2.48. The number of rotatable bonds is 2. The summed E-state index contributed by atoms with van der Waals surface area (Å²) in [6, 6.07) is 0. The van der Waals surface area contributed by atoms with Crippen molar-refractivity contribution >= 4 is 21.9 Å². The van der Waals surface area contributed by atoms with Crippen LogP contribution in [0.15, 0.2) is 16.2 Å². The molecule has 1 heterocycles. The molecular formula is C8H12N2O4S. The summed E-state index contributed by atoms with van der Waals surface area (Å²) in [5, 5.41) is 0. The number of hydrogen-bond acceptors (Lipinski definition) is 4. The van der Waals surface area contributed by atoms with E-state index < -0.39 is 16.2 Å². The number of carbonyl (C=O) groups excluding carboxylic acids is 1. The molecule has 84 valence electrons. The van der Waals surface area contributed by atoms with E-state index in [9.17, 15) is 13.2 Å². The van der Waals surface area contributed by atoms with Gasteiger partial charge in [-0.05, 0) is 19.9 Å². The highest BCUT2D eigenvalue weighted by molar-refractivity contribution is 7.88. The Bertz CT molecular complexity index is 436. The van der Waals surface area contributed by atoms with Crippen LogP contribution in [-0.2, 0) is 19.7 Å². The van der Waals surface area contributed by atoms with E-state index in [0.717, 1.165) is 4.31 Å². The monoisotopic (exact) mass is 232 g/mol. The van der Waals surface area contributed by atoms with E-state index in [2.05, 4.69) is 9.13 Å². The molecule has 0 aromatic heterocycles. The van der Waals surface area contributed by atoms with Crippen molar-refractivity contribution in [1.82, 2.24) is 4.31 Å². The summed E-state index contributed by atoms with van der Waals surface area (Å²) in [6.07, 6.45) is 1.39. The van der Waals surface area contributed by atoms with Gasteiger partial charge in [0.05, 0.1) is 7.11 Å². The smallest absolute Gasteiger partial charge is 0.357 e. The van der Waals surface area contributed by atoms with E-state index in [-0.39, 0.29) is 12.3 Å². The van der Waals surface area contributed by atoms with E-state index >= 15 is 0 Å². The summed E-state index contributed by atoms with van der Waals surface area (Å²) in [4.78, 5) is 11.1. The maximum Gasteiger partial charge on any atom is 0.357 e. The Morgan fingerprint density at radius 3 is 2.60 bits per heavy atom. The van der Waals surface area contributed by atoms with E-state index in [1.54, 1.807) is 13.8 Å². The summed E-state index contributed by atoms with van der Waals surface area (Å²) < 4.78 is 32.0. The molecule has 0 bridgehead atoms. The summed E-state index contributed by atoms with van der Waals surface area (Å²) in [7, 11) is -2.60. The predicted molar refractivity (Wildman–Crippen MR) is 54.5 cm³/mol. The molecule has 0 radical (unpaired) electrons. The Labute approximate surface area is 88.4 Å². The first-order chi connectivity index (χ1) is 6.92. The van der Waals surface area contributed by atoms with Gasteiger partial charge in [0.2, 0.25) is 0 Å². The number of allylic oxidation sites excluding steroid dienone is 1. The SMILES string of the molecule is CCN1C(C)=CC(C(=O)OC)=NS1(=O)=O. The maximum absolute atomic E-state index is 11.5. The molecule has 0 saturated heterocycles. The molecule has 0 aromatic carbocycles. The molecule has 0 atom stereocenters. The Morgan fingerprint density at radius 2 is 2.20 bits per heavy atom. The van der Waals surface area contributed by atoms with Gasteiger partial charge in [-0.1, -0.05) is 0 Å². The van der Waals surface area contributed by atoms with Crippen molar-refractivity contribution in [2.75, 3.05) is 13.7 Å². The molecule has 0 aliphatic carbocycles. The van der Waals surface area contributed by atoms with E-state index in [4.69, 9.17) is 0 Å². The molecule has 0 spiro atoms. The highest BCUT2D eigenvalue weighted by Crippen LogP contribution is 2.17. The van der Waals surface area contributed by atoms with Gasteiger partial charge in [0.15, 0.2) is 5.71 Å². The van der Waals surface area contributed by atoms with Gasteiger partial charge < -0.3 is 4.74 Å². The van der Waals surface area contributed by atoms with Crippen LogP contribution in [0, 0.1) is 0 Å². The molecule has 0 fully saturated rings. The van der Waals surface area contributed by atoms with E-state index in [1.807, 2.05) is 0 Å². The van der Waals surface area contributed by atoms with Crippen LogP contribution < -0.4 is 0 Å². The Balaban J connectivity index is 3.19. The average molecular weight is 232 g/mol. The largest absolute Gasteiger partial charge is 0.464 e. The Hall–Kier alpha value is -1.37. The van der Waals surface area contributed by atoms with Crippen molar-refractivity contribution in [1.29, 1.82) is 0 Å². The molecule has 6 nitrogen and oxygen atoms in total. The second-order valence-corrected chi connectivity index (χ2v) is 4.42. The lowest BCUT2D eigenvalue weighted by Gasteiger charge is -2.23. The van der Waals surface area contributed by atoms with Crippen LogP contribution in [0.5, 0.6) is 0 Å². The van der Waals surface area contributed by atoms with Crippen LogP contribution in [0.4, 0.5) is 0 Å². The van der Waals surface area contributed by atoms with Crippen LogP contribution in [-0.4, -0.2) is 38.1 Å². The standard InChI is InChI=1S/C8H12N2O4S/c1-4-10-6(2)5-7(8(11)14-3)9-15(10,12)13/h5H,4H2,1-3H3. The van der Waals surface area contributed by atoms with Crippen LogP contribution in [0.3, 0.4) is 0 Å². The van der Waals surface area contributed by atoms with Gasteiger partial charge in [-0.15, -0.1) is 4.40 Å². The molecule has 0 unspecified atom stereocenters. The van der Waals surface area contributed by atoms with Crippen LogP contribution in [0.25, 0.3) is 0 Å². The first-order valence-electron chi connectivity index (χ1n) is 4.31. The molecule has 1 aliphatic rings. The molecule has 7 heteroatoms. The van der Waals surface area contributed by atoms with Crippen molar-refractivity contribution in [2.24, 2.45) is 4.40 Å². The van der Waals surface area contributed by atoms with Crippen molar-refractivity contribution in [3.63, 3.8) is 0 Å². The minimum atomic E-state index is -3.77. The Kier molecular flexibility index (Phi) is 3.13. The number of nitrogens with zero attached hydrogens (tertiary/aromatic N) is 2. The molecule has 0 N–H and O–H groups in total. The molecule has 0 aromatic rings. The number of ether oxygens (including phenoxy) is 1. The van der Waals surface area contributed by atoms with Crippen molar-refractivity contribution in [3.05, 3.63) is 11.8 Å². The number of methoxy groups -OCH3 is 1. The van der Waals surface area contributed by atoms with Crippen molar-refractivity contribution in [3.8, 4) is 0 Å². The lowest BCUT2D eigenvalue weighted by molar-refractivity contribution is -0.132. The predicted octanol–water partition coefficient (Wildman–Crippen LogP) is 0.0845. The second kappa shape index (κ2) is 4.01. The van der Waals surface area contributed by atoms with Gasteiger partial charge in [0, 0.05) is 12.2 Å². The molecule has 1 aliphatic heterocycles. The number of esters is 1. The van der Waals surface area contributed by atoms with Gasteiger partial charge >= 0.3 is 16.2 Å². The van der Waals surface area contributed by atoms with Crippen LogP contribution in [0.1, 0.15) is 13.8 Å². The van der Waals surface area contributed by atoms with Crippen LogP contribution >= 0.6 is 0 Å². The number of hydrogen-bond donors (Lipinski definition) is 0.